The quantitative estimate of drug-likeness (QED) is 0.0911. The van der Waals surface area contributed by atoms with Gasteiger partial charge in [0.15, 0.2) is 0 Å². The molecule has 0 heterocycles. The van der Waals surface area contributed by atoms with Crippen molar-refractivity contribution in [2.45, 2.75) is 110 Å². The Morgan fingerprint density at radius 2 is 1.38 bits per heavy atom. The van der Waals surface area contributed by atoms with Crippen LogP contribution in [-0.4, -0.2) is 73.6 Å². The fourth-order valence-corrected chi connectivity index (χ4v) is 22.2. The second kappa shape index (κ2) is 17.1. The van der Waals surface area contributed by atoms with Gasteiger partial charge in [-0.15, -0.1) is 0 Å². The number of aliphatic carboxylic acids is 1. The fraction of sp³-hybridized carbons (Fsp3) is 0.724. The summed E-state index contributed by atoms with van der Waals surface area (Å²) in [5, 5.41) is 8.87. The van der Waals surface area contributed by atoms with Crippen molar-refractivity contribution in [2.24, 2.45) is 0 Å². The standard InChI is InChI=1S/C17H18F6NO5.3C4H9.Sn/c1-24(13(25)6-7-14(26)27)9-11-4-3-5-12(8-11)15(16(18,19)20,17(21,22)23)29-10-28-2;3*1-3-4-2;/h3-4,8H,6-7,9-10H2,1-2H3,(H,26,27);3*1,3-4H2,2H3;. The number of methoxy groups -OCH3 is 1. The molecule has 42 heavy (non-hydrogen) atoms. The van der Waals surface area contributed by atoms with Crippen molar-refractivity contribution in [3.8, 4) is 0 Å². The molecule has 1 aromatic carbocycles. The summed E-state index contributed by atoms with van der Waals surface area (Å²) in [6.45, 7) is 4.32. The van der Waals surface area contributed by atoms with Crippen molar-refractivity contribution < 1.29 is 50.5 Å². The summed E-state index contributed by atoms with van der Waals surface area (Å²) in [4.78, 5) is 24.4. The van der Waals surface area contributed by atoms with Crippen LogP contribution in [0.15, 0.2) is 18.2 Å². The summed E-state index contributed by atoms with van der Waals surface area (Å²) in [7, 11) is 2.28. The number of carbonyl (C=O) groups is 2. The first-order valence-electron chi connectivity index (χ1n) is 14.4. The molecule has 0 saturated heterocycles. The maximum absolute atomic E-state index is 14.9. The van der Waals surface area contributed by atoms with Crippen molar-refractivity contribution in [3.63, 3.8) is 0 Å². The summed E-state index contributed by atoms with van der Waals surface area (Å²) in [6, 6.07) is 3.84. The van der Waals surface area contributed by atoms with Crippen LogP contribution in [0.1, 0.15) is 83.3 Å². The van der Waals surface area contributed by atoms with E-state index in [1.54, 1.807) is 0 Å². The summed E-state index contributed by atoms with van der Waals surface area (Å²) in [5.74, 6) is -1.80. The second-order valence-corrected chi connectivity index (χ2v) is 24.0. The summed E-state index contributed by atoms with van der Waals surface area (Å²) >= 11 is -3.98. The summed E-state index contributed by atoms with van der Waals surface area (Å²) in [6.07, 6.45) is -8.16. The molecule has 0 spiro atoms. The van der Waals surface area contributed by atoms with Gasteiger partial charge < -0.3 is 0 Å². The number of carboxylic acids is 1. The van der Waals surface area contributed by atoms with E-state index in [0.29, 0.717) is 32.6 Å². The molecule has 0 saturated carbocycles. The van der Waals surface area contributed by atoms with Crippen LogP contribution >= 0.6 is 0 Å². The molecule has 1 N–H and O–H groups in total. The first-order valence-corrected chi connectivity index (χ1v) is 21.9. The second-order valence-electron chi connectivity index (χ2n) is 10.8. The van der Waals surface area contributed by atoms with Gasteiger partial charge in [0.1, 0.15) is 0 Å². The van der Waals surface area contributed by atoms with E-state index >= 15 is 0 Å². The predicted molar refractivity (Wildman–Crippen MR) is 151 cm³/mol. The first kappa shape index (κ1) is 38.5. The molecule has 0 unspecified atom stereocenters. The average Bonchev–Trinajstić information content (AvgIpc) is 2.90. The molecule has 242 valence electrons. The predicted octanol–water partition coefficient (Wildman–Crippen LogP) is 7.51. The van der Waals surface area contributed by atoms with Crippen LogP contribution < -0.4 is 3.58 Å². The molecule has 0 aliphatic carbocycles. The first-order chi connectivity index (χ1) is 19.6. The molecule has 1 aromatic rings. The van der Waals surface area contributed by atoms with Gasteiger partial charge in [-0.25, -0.2) is 0 Å². The van der Waals surface area contributed by atoms with Gasteiger partial charge in [0, 0.05) is 0 Å². The Hall–Kier alpha value is -1.54. The molecule has 1 amide bonds. The van der Waals surface area contributed by atoms with E-state index in [2.05, 4.69) is 4.74 Å². The topological polar surface area (TPSA) is 76.1 Å². The van der Waals surface area contributed by atoms with Gasteiger partial charge >= 0.3 is 249 Å². The molecule has 0 bridgehead atoms. The number of hydrogen-bond donors (Lipinski definition) is 1. The molecule has 13 heteroatoms. The van der Waals surface area contributed by atoms with Crippen LogP contribution in [0.5, 0.6) is 0 Å². The third kappa shape index (κ3) is 9.73. The van der Waals surface area contributed by atoms with Gasteiger partial charge in [0.25, 0.3) is 0 Å². The molecule has 0 fully saturated rings. The van der Waals surface area contributed by atoms with Crippen LogP contribution in [0.3, 0.4) is 0 Å². The number of benzene rings is 1. The van der Waals surface area contributed by atoms with Crippen molar-refractivity contribution in [1.29, 1.82) is 0 Å². The van der Waals surface area contributed by atoms with Crippen molar-refractivity contribution >= 4 is 33.8 Å². The Kier molecular flexibility index (Phi) is 15.6. The molecule has 0 aliphatic heterocycles. The molecule has 0 aliphatic rings. The van der Waals surface area contributed by atoms with E-state index in [-0.39, 0.29) is 22.1 Å². The van der Waals surface area contributed by atoms with Crippen LogP contribution in [-0.2, 0) is 31.2 Å². The number of rotatable bonds is 19. The van der Waals surface area contributed by atoms with Crippen molar-refractivity contribution in [3.05, 3.63) is 29.3 Å². The SMILES string of the molecule is CCC[CH2][Sn]([CH2]CCC)([CH2]CCC)[c]1ccc(CN(C)C(=O)CCC(=O)O)cc1C(OCOC)(C(F)(F)F)C(F)(F)F. The molecule has 6 nitrogen and oxygen atoms in total. The van der Waals surface area contributed by atoms with Gasteiger partial charge in [-0.05, 0) is 0 Å². The molecule has 1 rings (SSSR count). The van der Waals surface area contributed by atoms with E-state index in [1.165, 1.54) is 19.2 Å². The number of nitrogens with zero attached hydrogens (tertiary/aromatic N) is 1. The Bertz CT molecular complexity index is 966. The van der Waals surface area contributed by atoms with Gasteiger partial charge in [-0.2, -0.15) is 0 Å². The zero-order chi connectivity index (χ0) is 32.2. The van der Waals surface area contributed by atoms with Gasteiger partial charge in [-0.3, -0.25) is 0 Å². The fourth-order valence-electron chi connectivity index (χ4n) is 5.39. The number of unbranched alkanes of at least 4 members (excludes halogenated alkanes) is 3. The molecular weight excluding hydrogens is 675 g/mol. The van der Waals surface area contributed by atoms with E-state index in [1.807, 2.05) is 20.8 Å². The van der Waals surface area contributed by atoms with Crippen LogP contribution in [0.25, 0.3) is 0 Å². The molecule has 0 aromatic heterocycles. The van der Waals surface area contributed by atoms with Crippen LogP contribution in [0, 0.1) is 0 Å². The average molecular weight is 720 g/mol. The number of halogens is 6. The summed E-state index contributed by atoms with van der Waals surface area (Å²) < 4.78 is 101. The Morgan fingerprint density at radius 3 is 1.79 bits per heavy atom. The normalized spacial score (nSPS) is 12.9. The summed E-state index contributed by atoms with van der Waals surface area (Å²) in [5.41, 5.74) is -5.54. The third-order valence-corrected chi connectivity index (χ3v) is 23.4. The number of carboxylic acid groups (broad SMARTS) is 1. The van der Waals surface area contributed by atoms with E-state index in [4.69, 9.17) is 9.84 Å². The Morgan fingerprint density at radius 1 is 0.881 bits per heavy atom. The molecule has 0 radical (unpaired) electrons. The third-order valence-electron chi connectivity index (χ3n) is 7.65. The van der Waals surface area contributed by atoms with Gasteiger partial charge in [-0.1, -0.05) is 0 Å². The van der Waals surface area contributed by atoms with E-state index in [0.717, 1.165) is 37.3 Å². The Balaban J connectivity index is 4.10. The maximum atomic E-state index is 14.9. The molecular formula is C29H45F6NO5Sn. The van der Waals surface area contributed by atoms with Crippen LogP contribution in [0.4, 0.5) is 26.3 Å². The minimum atomic E-state index is -5.88. The van der Waals surface area contributed by atoms with E-state index in [9.17, 15) is 35.9 Å². The minimum absolute atomic E-state index is 0.0560. The molecule has 0 atom stereocenters. The van der Waals surface area contributed by atoms with Crippen LogP contribution in [0.2, 0.25) is 13.3 Å². The zero-order valence-corrected chi connectivity index (χ0v) is 28.1. The zero-order valence-electron chi connectivity index (χ0n) is 25.2. The van der Waals surface area contributed by atoms with Crippen molar-refractivity contribution in [2.75, 3.05) is 21.0 Å². The van der Waals surface area contributed by atoms with Gasteiger partial charge in [0.2, 0.25) is 0 Å². The number of hydrogen-bond acceptors (Lipinski definition) is 4. The van der Waals surface area contributed by atoms with E-state index < -0.39 is 67.0 Å². The number of carbonyl (C=O) groups excluding carboxylic acids is 1. The monoisotopic (exact) mass is 721 g/mol. The number of amides is 1. The Labute approximate surface area is 249 Å². The number of ether oxygens (including phenoxy) is 2. The number of alkyl halides is 6. The van der Waals surface area contributed by atoms with Crippen molar-refractivity contribution in [1.82, 2.24) is 4.90 Å². The van der Waals surface area contributed by atoms with Gasteiger partial charge in [0.05, 0.1) is 0 Å².